The first-order valence-corrected chi connectivity index (χ1v) is 14.6. The van der Waals surface area contributed by atoms with Gasteiger partial charge >= 0.3 is 0 Å². The third-order valence-electron chi connectivity index (χ3n) is 7.99. The van der Waals surface area contributed by atoms with Crippen LogP contribution in [0.15, 0.2) is 91.0 Å². The molecule has 0 bridgehead atoms. The second-order valence-corrected chi connectivity index (χ2v) is 10.9. The molecule has 2 atom stereocenters. The van der Waals surface area contributed by atoms with E-state index < -0.39 is 11.9 Å². The molecular formula is C35H36FN3O3. The van der Waals surface area contributed by atoms with E-state index in [9.17, 15) is 18.8 Å². The van der Waals surface area contributed by atoms with Crippen LogP contribution in [0.5, 0.6) is 0 Å². The van der Waals surface area contributed by atoms with Crippen molar-refractivity contribution in [2.75, 3.05) is 11.4 Å². The minimum atomic E-state index is -0.833. The summed E-state index contributed by atoms with van der Waals surface area (Å²) in [5.74, 6) is -1.03. The maximum Gasteiger partial charge on any atom is 0.258 e. The number of carbonyl (C=O) groups excluding carboxylic acids is 3. The molecule has 216 valence electrons. The Bertz CT molecular complexity index is 1580. The van der Waals surface area contributed by atoms with Crippen LogP contribution in [-0.4, -0.2) is 41.2 Å². The van der Waals surface area contributed by atoms with Gasteiger partial charge in [0.05, 0.1) is 5.69 Å². The summed E-state index contributed by atoms with van der Waals surface area (Å²) in [5, 5.41) is 4.97. The quantitative estimate of drug-likeness (QED) is 0.220. The van der Waals surface area contributed by atoms with E-state index in [0.29, 0.717) is 30.5 Å². The predicted molar refractivity (Wildman–Crippen MR) is 164 cm³/mol. The van der Waals surface area contributed by atoms with Gasteiger partial charge < -0.3 is 15.1 Å². The molecule has 0 spiro atoms. The molecule has 1 aliphatic rings. The molecule has 4 aromatic carbocycles. The molecule has 1 aliphatic heterocycles. The average molecular weight is 566 g/mol. The second kappa shape index (κ2) is 13.0. The van der Waals surface area contributed by atoms with E-state index in [1.165, 1.54) is 11.0 Å². The molecule has 5 rings (SSSR count). The lowest BCUT2D eigenvalue weighted by atomic mass is 10.0. The van der Waals surface area contributed by atoms with Gasteiger partial charge in [-0.15, -0.1) is 0 Å². The number of halogens is 1. The van der Waals surface area contributed by atoms with Gasteiger partial charge in [0.1, 0.15) is 11.9 Å². The second-order valence-electron chi connectivity index (χ2n) is 10.9. The van der Waals surface area contributed by atoms with E-state index in [4.69, 9.17) is 0 Å². The zero-order valence-electron chi connectivity index (χ0n) is 24.1. The summed E-state index contributed by atoms with van der Waals surface area (Å²) in [7, 11) is 0. The minimum Gasteiger partial charge on any atom is -0.352 e. The van der Waals surface area contributed by atoms with Crippen molar-refractivity contribution in [3.8, 4) is 0 Å². The summed E-state index contributed by atoms with van der Waals surface area (Å²) in [5.41, 5.74) is 2.76. The predicted octanol–water partition coefficient (Wildman–Crippen LogP) is 6.27. The highest BCUT2D eigenvalue weighted by molar-refractivity contribution is 6.25. The highest BCUT2D eigenvalue weighted by Crippen LogP contribution is 2.37. The highest BCUT2D eigenvalue weighted by Gasteiger charge is 2.33. The van der Waals surface area contributed by atoms with E-state index in [-0.39, 0.29) is 36.7 Å². The van der Waals surface area contributed by atoms with E-state index in [0.717, 1.165) is 28.4 Å². The van der Waals surface area contributed by atoms with Crippen LogP contribution in [-0.2, 0) is 22.6 Å². The zero-order valence-corrected chi connectivity index (χ0v) is 24.1. The first kappa shape index (κ1) is 29.0. The van der Waals surface area contributed by atoms with Gasteiger partial charge in [-0.1, -0.05) is 79.7 Å². The van der Waals surface area contributed by atoms with Crippen molar-refractivity contribution < 1.29 is 18.8 Å². The van der Waals surface area contributed by atoms with Gasteiger partial charge in [0.2, 0.25) is 11.8 Å². The molecule has 0 radical (unpaired) electrons. The third kappa shape index (κ3) is 6.20. The number of hydrogen-bond donors (Lipinski definition) is 1. The fourth-order valence-corrected chi connectivity index (χ4v) is 5.54. The number of hydrogen-bond acceptors (Lipinski definition) is 3. The van der Waals surface area contributed by atoms with Crippen molar-refractivity contribution in [2.24, 2.45) is 0 Å². The summed E-state index contributed by atoms with van der Waals surface area (Å²) in [6.07, 6.45) is 1.54. The van der Waals surface area contributed by atoms with Gasteiger partial charge in [0, 0.05) is 48.5 Å². The Kier molecular flexibility index (Phi) is 8.96. The molecule has 3 amide bonds. The van der Waals surface area contributed by atoms with Gasteiger partial charge in [0.15, 0.2) is 0 Å². The lowest BCUT2D eigenvalue weighted by molar-refractivity contribution is -0.141. The third-order valence-corrected chi connectivity index (χ3v) is 7.99. The Balaban J connectivity index is 1.38. The molecule has 1 heterocycles. The summed E-state index contributed by atoms with van der Waals surface area (Å²) >= 11 is 0. The maximum atomic E-state index is 14.8. The molecule has 0 unspecified atom stereocenters. The van der Waals surface area contributed by atoms with Crippen molar-refractivity contribution in [3.63, 3.8) is 0 Å². The molecular weight excluding hydrogens is 529 g/mol. The van der Waals surface area contributed by atoms with Crippen molar-refractivity contribution in [3.05, 3.63) is 114 Å². The number of carbonyl (C=O) groups is 3. The average Bonchev–Trinajstić information content (AvgIpc) is 3.28. The van der Waals surface area contributed by atoms with E-state index in [2.05, 4.69) is 5.32 Å². The van der Waals surface area contributed by atoms with Crippen LogP contribution in [0.25, 0.3) is 10.8 Å². The monoisotopic (exact) mass is 565 g/mol. The summed E-state index contributed by atoms with van der Waals surface area (Å²) < 4.78 is 14.8. The van der Waals surface area contributed by atoms with Crippen LogP contribution < -0.4 is 10.2 Å². The van der Waals surface area contributed by atoms with Crippen molar-refractivity contribution in [1.82, 2.24) is 10.2 Å². The first-order chi connectivity index (χ1) is 20.4. The molecule has 42 heavy (non-hydrogen) atoms. The Labute approximate surface area is 246 Å². The van der Waals surface area contributed by atoms with Crippen molar-refractivity contribution >= 4 is 34.2 Å². The number of nitrogens with one attached hydrogen (secondary N) is 1. The maximum absolute atomic E-state index is 14.8. The van der Waals surface area contributed by atoms with Crippen LogP contribution >= 0.6 is 0 Å². The molecule has 0 saturated heterocycles. The van der Waals surface area contributed by atoms with Gasteiger partial charge in [0.25, 0.3) is 5.91 Å². The van der Waals surface area contributed by atoms with E-state index in [1.807, 2.05) is 80.6 Å². The van der Waals surface area contributed by atoms with Crippen LogP contribution in [0.4, 0.5) is 10.1 Å². The summed E-state index contributed by atoms with van der Waals surface area (Å²) in [4.78, 5) is 44.0. The standard InChI is InChI=1S/C35H36FN3O3/c1-3-24(2)37-34(41)31(22-25-12-5-4-6-13-25)39(23-27-14-7-8-18-29(27)36)32(40)20-11-21-38-30-19-10-16-26-15-9-17-28(33(26)30)35(38)42/h4-10,12-19,24,31H,3,11,20-23H2,1-2H3,(H,37,41)/t24-,31-/m0/s1. The zero-order chi connectivity index (χ0) is 29.6. The Morgan fingerprint density at radius 3 is 2.38 bits per heavy atom. The normalized spacial score (nSPS) is 13.7. The van der Waals surface area contributed by atoms with Crippen LogP contribution in [0.3, 0.4) is 0 Å². The molecule has 0 fully saturated rings. The largest absolute Gasteiger partial charge is 0.352 e. The molecule has 4 aromatic rings. The van der Waals surface area contributed by atoms with Gasteiger partial charge in [-0.25, -0.2) is 4.39 Å². The lowest BCUT2D eigenvalue weighted by Gasteiger charge is -2.32. The van der Waals surface area contributed by atoms with Crippen molar-refractivity contribution in [1.29, 1.82) is 0 Å². The number of benzene rings is 4. The molecule has 0 saturated carbocycles. The fraction of sp³-hybridized carbons (Fsp3) is 0.286. The van der Waals surface area contributed by atoms with Crippen LogP contribution in [0.1, 0.15) is 54.6 Å². The minimum absolute atomic E-state index is 0.0374. The summed E-state index contributed by atoms with van der Waals surface area (Å²) in [6.45, 7) is 4.22. The fourth-order valence-electron chi connectivity index (χ4n) is 5.54. The Hall–Kier alpha value is -4.52. The van der Waals surface area contributed by atoms with E-state index in [1.54, 1.807) is 23.1 Å². The van der Waals surface area contributed by atoms with Gasteiger partial charge in [-0.3, -0.25) is 14.4 Å². The number of anilines is 1. The topological polar surface area (TPSA) is 69.7 Å². The van der Waals surface area contributed by atoms with Crippen LogP contribution in [0.2, 0.25) is 0 Å². The number of nitrogens with zero attached hydrogens (tertiary/aromatic N) is 2. The van der Waals surface area contributed by atoms with Gasteiger partial charge in [-0.2, -0.15) is 0 Å². The number of rotatable bonds is 12. The molecule has 0 aliphatic carbocycles. The molecule has 6 nitrogen and oxygen atoms in total. The molecule has 0 aromatic heterocycles. The van der Waals surface area contributed by atoms with Crippen LogP contribution in [0, 0.1) is 5.82 Å². The Morgan fingerprint density at radius 2 is 1.64 bits per heavy atom. The molecule has 1 N–H and O–H groups in total. The lowest BCUT2D eigenvalue weighted by Crippen LogP contribution is -2.52. The molecule has 7 heteroatoms. The van der Waals surface area contributed by atoms with Gasteiger partial charge in [-0.05, 0) is 48.9 Å². The smallest absolute Gasteiger partial charge is 0.258 e. The van der Waals surface area contributed by atoms with Crippen molar-refractivity contribution in [2.45, 2.75) is 58.2 Å². The number of amides is 3. The SMILES string of the molecule is CC[C@H](C)NC(=O)[C@H](Cc1ccccc1)N(Cc1ccccc1F)C(=O)CCCN1C(=O)c2cccc3cccc1c23. The first-order valence-electron chi connectivity index (χ1n) is 14.6. The van der Waals surface area contributed by atoms with E-state index >= 15 is 0 Å². The summed E-state index contributed by atoms with van der Waals surface area (Å²) in [6, 6.07) is 26.5. The Morgan fingerprint density at radius 1 is 0.929 bits per heavy atom. The highest BCUT2D eigenvalue weighted by atomic mass is 19.1.